The molecule has 1 amide bonds. The number of ether oxygens (including phenoxy) is 1. The number of hydrogen-bond donors (Lipinski definition) is 0. The van der Waals surface area contributed by atoms with Gasteiger partial charge in [0.1, 0.15) is 18.9 Å². The third kappa shape index (κ3) is 6.46. The largest absolute Gasteiger partial charge is 0.741 e. The van der Waals surface area contributed by atoms with Crippen molar-refractivity contribution >= 4 is 39.2 Å². The number of alkyl halides is 5. The van der Waals surface area contributed by atoms with Crippen molar-refractivity contribution in [2.24, 2.45) is 7.05 Å². The maximum Gasteiger partial charge on any atom is 0.485 e. The molecule has 2 heterocycles. The highest BCUT2D eigenvalue weighted by Crippen LogP contribution is 2.36. The van der Waals surface area contributed by atoms with Gasteiger partial charge in [0.15, 0.2) is 27.3 Å². The van der Waals surface area contributed by atoms with Crippen LogP contribution in [-0.4, -0.2) is 46.4 Å². The standard InChI is InChI=1S/C13H17Cl2N2O2.CHF3O3S/c1-13(2)17(12(18)11(14)15)8-10(19-13)9-5-4-6-16(3)7-9;2-1(3,4)8(5,6)7/h4-7,10-11H,8H2,1-3H3;(H,5,6,7)/q+1;/p-1. The summed E-state index contributed by atoms with van der Waals surface area (Å²) in [6.45, 7) is 4.12. The lowest BCUT2D eigenvalue weighted by atomic mass is 10.1. The molecule has 1 aliphatic heterocycles. The van der Waals surface area contributed by atoms with Gasteiger partial charge in [-0.2, -0.15) is 13.2 Å². The normalized spacial score (nSPS) is 19.6. The van der Waals surface area contributed by atoms with Crippen molar-refractivity contribution in [2.75, 3.05) is 6.54 Å². The summed E-state index contributed by atoms with van der Waals surface area (Å²) >= 11 is 11.3. The Labute approximate surface area is 164 Å². The summed E-state index contributed by atoms with van der Waals surface area (Å²) in [6.07, 6.45) is 3.76. The van der Waals surface area contributed by atoms with E-state index in [1.807, 2.05) is 50.0 Å². The molecule has 1 unspecified atom stereocenters. The molecule has 0 spiro atoms. The number of halogens is 5. The third-order valence-corrected chi connectivity index (χ3v) is 4.44. The highest BCUT2D eigenvalue weighted by atomic mass is 35.5. The van der Waals surface area contributed by atoms with Crippen molar-refractivity contribution in [2.45, 2.75) is 36.0 Å². The average molecular weight is 453 g/mol. The number of carbonyl (C=O) groups excluding carboxylic acids is 1. The minimum Gasteiger partial charge on any atom is -0.741 e. The molecule has 1 fully saturated rings. The Morgan fingerprint density at radius 1 is 1.44 bits per heavy atom. The topological polar surface area (TPSA) is 90.6 Å². The first-order valence-corrected chi connectivity index (χ1v) is 9.59. The highest BCUT2D eigenvalue weighted by molar-refractivity contribution is 7.86. The molecule has 13 heteroatoms. The summed E-state index contributed by atoms with van der Waals surface area (Å²) in [5, 5.41) is 0. The molecule has 27 heavy (non-hydrogen) atoms. The number of pyridine rings is 1. The summed E-state index contributed by atoms with van der Waals surface area (Å²) in [7, 11) is -4.15. The van der Waals surface area contributed by atoms with Crippen LogP contribution in [0.5, 0.6) is 0 Å². The Kier molecular flexibility index (Phi) is 7.50. The molecule has 1 aliphatic rings. The van der Waals surface area contributed by atoms with Gasteiger partial charge < -0.3 is 14.2 Å². The van der Waals surface area contributed by atoms with Gasteiger partial charge in [0.25, 0.3) is 5.91 Å². The lowest BCUT2D eigenvalue weighted by Gasteiger charge is -2.30. The molecule has 0 radical (unpaired) electrons. The zero-order chi connectivity index (χ0) is 21.2. The van der Waals surface area contributed by atoms with Crippen molar-refractivity contribution in [1.29, 1.82) is 0 Å². The first-order chi connectivity index (χ1) is 12.1. The maximum atomic E-state index is 12.0. The molecule has 0 bridgehead atoms. The van der Waals surface area contributed by atoms with Gasteiger partial charge in [-0.25, -0.2) is 13.0 Å². The van der Waals surface area contributed by atoms with E-state index in [4.69, 9.17) is 40.9 Å². The Morgan fingerprint density at radius 2 is 1.96 bits per heavy atom. The second kappa shape index (κ2) is 8.48. The van der Waals surface area contributed by atoms with Crippen molar-refractivity contribution < 1.29 is 40.2 Å². The van der Waals surface area contributed by atoms with Crippen molar-refractivity contribution in [1.82, 2.24) is 4.90 Å². The van der Waals surface area contributed by atoms with E-state index in [-0.39, 0.29) is 12.0 Å². The van der Waals surface area contributed by atoms with Gasteiger partial charge in [0.2, 0.25) is 0 Å². The molecule has 0 aromatic carbocycles. The van der Waals surface area contributed by atoms with E-state index in [2.05, 4.69) is 0 Å². The van der Waals surface area contributed by atoms with Crippen LogP contribution in [-0.2, 0) is 26.7 Å². The summed E-state index contributed by atoms with van der Waals surface area (Å²) in [6, 6.07) is 3.93. The SMILES string of the molecule is C[n+]1cccc(C2CN(C(=O)C(Cl)Cl)C(C)(C)O2)c1.O=S(=O)([O-])C(F)(F)F. The van der Waals surface area contributed by atoms with E-state index < -0.39 is 26.2 Å². The van der Waals surface area contributed by atoms with Crippen molar-refractivity contribution in [3.63, 3.8) is 0 Å². The monoisotopic (exact) mass is 452 g/mol. The van der Waals surface area contributed by atoms with E-state index >= 15 is 0 Å². The number of nitrogens with zero attached hydrogens (tertiary/aromatic N) is 2. The second-order valence-electron chi connectivity index (χ2n) is 6.01. The van der Waals surface area contributed by atoms with E-state index in [1.54, 1.807) is 4.90 Å². The van der Waals surface area contributed by atoms with Crippen LogP contribution in [0.3, 0.4) is 0 Å². The Bertz CT molecular complexity index is 787. The Morgan fingerprint density at radius 3 is 2.37 bits per heavy atom. The van der Waals surface area contributed by atoms with E-state index in [0.29, 0.717) is 6.54 Å². The summed E-state index contributed by atoms with van der Waals surface area (Å²) in [5.74, 6) is -0.323. The Hall–Kier alpha value is -1.14. The predicted octanol–water partition coefficient (Wildman–Crippen LogP) is 2.00. The number of rotatable bonds is 2. The molecule has 154 valence electrons. The first kappa shape index (κ1) is 23.9. The van der Waals surface area contributed by atoms with Crippen LogP contribution in [0.1, 0.15) is 25.5 Å². The van der Waals surface area contributed by atoms with Crippen LogP contribution >= 0.6 is 23.2 Å². The van der Waals surface area contributed by atoms with Gasteiger partial charge in [-0.15, -0.1) is 0 Å². The minimum absolute atomic E-state index is 0.168. The molecular weight excluding hydrogens is 436 g/mol. The van der Waals surface area contributed by atoms with Crippen LogP contribution in [0.4, 0.5) is 13.2 Å². The van der Waals surface area contributed by atoms with Crippen LogP contribution in [0.15, 0.2) is 24.5 Å². The van der Waals surface area contributed by atoms with E-state index in [1.165, 1.54) is 0 Å². The summed E-state index contributed by atoms with van der Waals surface area (Å²) in [4.78, 5) is 12.5. The third-order valence-electron chi connectivity index (χ3n) is 3.50. The van der Waals surface area contributed by atoms with Gasteiger partial charge in [-0.05, 0) is 19.9 Å². The first-order valence-electron chi connectivity index (χ1n) is 7.31. The number of hydrogen-bond acceptors (Lipinski definition) is 5. The molecule has 1 atom stereocenters. The smallest absolute Gasteiger partial charge is 0.485 e. The quantitative estimate of drug-likeness (QED) is 0.296. The van der Waals surface area contributed by atoms with E-state index in [0.717, 1.165) is 5.56 Å². The predicted molar refractivity (Wildman–Crippen MR) is 88.5 cm³/mol. The van der Waals surface area contributed by atoms with Crippen LogP contribution in [0.25, 0.3) is 0 Å². The second-order valence-corrected chi connectivity index (χ2v) is 8.47. The zero-order valence-corrected chi connectivity index (χ0v) is 16.7. The van der Waals surface area contributed by atoms with E-state index in [9.17, 15) is 18.0 Å². The summed E-state index contributed by atoms with van der Waals surface area (Å²) in [5.41, 5.74) is -5.33. The molecule has 2 rings (SSSR count). The van der Waals surface area contributed by atoms with Crippen LogP contribution in [0.2, 0.25) is 0 Å². The number of aromatic nitrogens is 1. The average Bonchev–Trinajstić information content (AvgIpc) is 2.80. The molecule has 7 nitrogen and oxygen atoms in total. The van der Waals surface area contributed by atoms with Gasteiger partial charge >= 0.3 is 5.51 Å². The fourth-order valence-electron chi connectivity index (χ4n) is 2.28. The van der Waals surface area contributed by atoms with Crippen LogP contribution in [0, 0.1) is 0 Å². The molecular formula is C14H17Cl2F3N2O5S. The molecule has 0 N–H and O–H groups in total. The molecule has 1 aromatic heterocycles. The minimum atomic E-state index is -6.09. The maximum absolute atomic E-state index is 12.0. The van der Waals surface area contributed by atoms with Gasteiger partial charge in [-0.3, -0.25) is 4.79 Å². The Balaban J connectivity index is 0.000000387. The van der Waals surface area contributed by atoms with Gasteiger partial charge in [0, 0.05) is 11.6 Å². The number of carbonyl (C=O) groups is 1. The highest BCUT2D eigenvalue weighted by Gasteiger charge is 2.44. The lowest BCUT2D eigenvalue weighted by Crippen LogP contribution is -2.45. The van der Waals surface area contributed by atoms with Gasteiger partial charge in [-0.1, -0.05) is 23.2 Å². The van der Waals surface area contributed by atoms with Crippen molar-refractivity contribution in [3.8, 4) is 0 Å². The fraction of sp³-hybridized carbons (Fsp3) is 0.571. The number of aryl methyl sites for hydroxylation is 1. The number of amides is 1. The molecule has 1 saturated heterocycles. The zero-order valence-electron chi connectivity index (χ0n) is 14.4. The molecule has 0 aliphatic carbocycles. The molecule has 1 aromatic rings. The lowest BCUT2D eigenvalue weighted by molar-refractivity contribution is -0.672. The summed E-state index contributed by atoms with van der Waals surface area (Å²) < 4.78 is 66.8. The van der Waals surface area contributed by atoms with Crippen LogP contribution < -0.4 is 4.57 Å². The fourth-order valence-corrected chi connectivity index (χ4v) is 2.52. The van der Waals surface area contributed by atoms with Gasteiger partial charge in [0.05, 0.1) is 6.54 Å². The molecule has 0 saturated carbocycles. The van der Waals surface area contributed by atoms with Crippen molar-refractivity contribution in [3.05, 3.63) is 30.1 Å².